The maximum Gasteiger partial charge on any atom is 0.416 e. The molecular formula is C19H17F6N5O. The lowest BCUT2D eigenvalue weighted by Gasteiger charge is -2.19. The van der Waals surface area contributed by atoms with Crippen LogP contribution in [-0.4, -0.2) is 20.6 Å². The molecule has 0 aliphatic rings. The highest BCUT2D eigenvalue weighted by Gasteiger charge is 2.36. The zero-order valence-corrected chi connectivity index (χ0v) is 16.1. The van der Waals surface area contributed by atoms with Crippen molar-refractivity contribution in [3.63, 3.8) is 0 Å². The first-order valence-electron chi connectivity index (χ1n) is 9.00. The molecule has 166 valence electrons. The Morgan fingerprint density at radius 1 is 1.00 bits per heavy atom. The summed E-state index contributed by atoms with van der Waals surface area (Å²) in [5, 5.41) is 16.5. The first kappa shape index (κ1) is 22.5. The quantitative estimate of drug-likeness (QED) is 0.517. The van der Waals surface area contributed by atoms with E-state index in [-0.39, 0.29) is 24.2 Å². The van der Waals surface area contributed by atoms with Gasteiger partial charge in [0, 0.05) is 11.6 Å². The van der Waals surface area contributed by atoms with Gasteiger partial charge in [-0.05, 0) is 36.8 Å². The molecule has 0 unspecified atom stereocenters. The van der Waals surface area contributed by atoms with Crippen LogP contribution in [0.15, 0.2) is 42.5 Å². The number of hydrogen-bond donors (Lipinski definition) is 2. The number of rotatable bonds is 7. The smallest absolute Gasteiger partial charge is 0.416 e. The van der Waals surface area contributed by atoms with E-state index in [2.05, 4.69) is 25.9 Å². The van der Waals surface area contributed by atoms with E-state index in [1.54, 1.807) is 24.3 Å². The number of H-pyrrole nitrogens is 1. The third-order valence-corrected chi connectivity index (χ3v) is 4.38. The minimum absolute atomic E-state index is 0.0847. The first-order chi connectivity index (χ1) is 14.5. The molecular weight excluding hydrogens is 428 g/mol. The van der Waals surface area contributed by atoms with Crippen LogP contribution in [0.4, 0.5) is 26.3 Å². The summed E-state index contributed by atoms with van der Waals surface area (Å²) in [6, 6.07) is 7.81. The topological polar surface area (TPSA) is 75.7 Å². The van der Waals surface area contributed by atoms with Gasteiger partial charge in [-0.25, -0.2) is 0 Å². The maximum atomic E-state index is 13.0. The van der Waals surface area contributed by atoms with Gasteiger partial charge in [0.1, 0.15) is 12.4 Å². The van der Waals surface area contributed by atoms with Crippen LogP contribution in [0.3, 0.4) is 0 Å². The van der Waals surface area contributed by atoms with Gasteiger partial charge in [-0.1, -0.05) is 23.4 Å². The van der Waals surface area contributed by atoms with E-state index in [4.69, 9.17) is 4.74 Å². The molecule has 0 spiro atoms. The molecule has 6 nitrogen and oxygen atoms in total. The number of hydrogen-bond acceptors (Lipinski definition) is 5. The number of ether oxygens (including phenoxy) is 1. The van der Waals surface area contributed by atoms with Crippen LogP contribution >= 0.6 is 0 Å². The van der Waals surface area contributed by atoms with Gasteiger partial charge < -0.3 is 10.1 Å². The van der Waals surface area contributed by atoms with Crippen molar-refractivity contribution < 1.29 is 31.1 Å². The van der Waals surface area contributed by atoms with Crippen LogP contribution in [0.5, 0.6) is 5.75 Å². The Labute approximate surface area is 172 Å². The van der Waals surface area contributed by atoms with Gasteiger partial charge in [0.15, 0.2) is 5.82 Å². The van der Waals surface area contributed by atoms with Gasteiger partial charge in [0.05, 0.1) is 17.7 Å². The number of nitrogens with one attached hydrogen (secondary N) is 2. The molecule has 0 aliphatic heterocycles. The van der Waals surface area contributed by atoms with Gasteiger partial charge in [0.25, 0.3) is 0 Å². The number of nitrogens with zero attached hydrogens (tertiary/aromatic N) is 3. The Morgan fingerprint density at radius 2 is 1.65 bits per heavy atom. The van der Waals surface area contributed by atoms with Gasteiger partial charge in [-0.2, -0.15) is 31.6 Å². The minimum atomic E-state index is -4.92. The first-order valence-corrected chi connectivity index (χ1v) is 9.00. The molecule has 0 bridgehead atoms. The normalized spacial score (nSPS) is 13.3. The summed E-state index contributed by atoms with van der Waals surface area (Å²) in [6.07, 6.45) is -9.83. The fourth-order valence-corrected chi connectivity index (χ4v) is 2.85. The van der Waals surface area contributed by atoms with Crippen LogP contribution in [0.1, 0.15) is 41.0 Å². The summed E-state index contributed by atoms with van der Waals surface area (Å²) in [5.41, 5.74) is -2.35. The van der Waals surface area contributed by atoms with Crippen molar-refractivity contribution in [2.45, 2.75) is 38.5 Å². The van der Waals surface area contributed by atoms with Gasteiger partial charge >= 0.3 is 12.4 Å². The molecule has 0 radical (unpaired) electrons. The summed E-state index contributed by atoms with van der Waals surface area (Å²) in [4.78, 5) is 0. The average molecular weight is 445 g/mol. The Bertz CT molecular complexity index is 972. The predicted octanol–water partition coefficient (Wildman–Crippen LogP) is 4.67. The van der Waals surface area contributed by atoms with Crippen molar-refractivity contribution in [2.75, 3.05) is 0 Å². The van der Waals surface area contributed by atoms with Crippen LogP contribution < -0.4 is 10.1 Å². The van der Waals surface area contributed by atoms with E-state index in [1.165, 1.54) is 0 Å². The molecule has 3 rings (SSSR count). The highest BCUT2D eigenvalue weighted by molar-refractivity contribution is 5.37. The fraction of sp³-hybridized carbons (Fsp3) is 0.316. The van der Waals surface area contributed by atoms with E-state index in [0.29, 0.717) is 29.3 Å². The molecule has 0 aliphatic carbocycles. The molecule has 2 N–H and O–H groups in total. The lowest BCUT2D eigenvalue weighted by molar-refractivity contribution is -0.143. The molecule has 12 heteroatoms. The third kappa shape index (κ3) is 5.94. The fourth-order valence-electron chi connectivity index (χ4n) is 2.85. The second-order valence-electron chi connectivity index (χ2n) is 6.67. The van der Waals surface area contributed by atoms with Crippen molar-refractivity contribution >= 4 is 0 Å². The van der Waals surface area contributed by atoms with E-state index in [1.807, 2.05) is 6.92 Å². The molecule has 1 atom stereocenters. The molecule has 0 saturated carbocycles. The maximum absolute atomic E-state index is 13.0. The van der Waals surface area contributed by atoms with Crippen LogP contribution in [0.2, 0.25) is 0 Å². The SMILES string of the molecule is C[C@H](NCc1nn[nH]n1)c1ccccc1OCc1cc(C(F)(F)F)cc(C(F)(F)F)c1. The largest absolute Gasteiger partial charge is 0.489 e. The molecule has 2 aromatic carbocycles. The summed E-state index contributed by atoms with van der Waals surface area (Å²) < 4.78 is 83.8. The van der Waals surface area contributed by atoms with Gasteiger partial charge in [-0.3, -0.25) is 0 Å². The van der Waals surface area contributed by atoms with Crippen LogP contribution in [-0.2, 0) is 25.5 Å². The summed E-state index contributed by atoms with van der Waals surface area (Å²) >= 11 is 0. The van der Waals surface area contributed by atoms with Gasteiger partial charge in [-0.15, -0.1) is 10.2 Å². The van der Waals surface area contributed by atoms with Gasteiger partial charge in [0.2, 0.25) is 0 Å². The highest BCUT2D eigenvalue weighted by Crippen LogP contribution is 2.36. The number of alkyl halides is 6. The Hall–Kier alpha value is -3.15. The molecule has 1 heterocycles. The van der Waals surface area contributed by atoms with Crippen LogP contribution in [0.25, 0.3) is 0 Å². The summed E-state index contributed by atoms with van der Waals surface area (Å²) in [6.45, 7) is 1.63. The predicted molar refractivity (Wildman–Crippen MR) is 96.7 cm³/mol. The number of aromatic nitrogens is 4. The van der Waals surface area contributed by atoms with Crippen molar-refractivity contribution in [2.24, 2.45) is 0 Å². The van der Waals surface area contributed by atoms with Crippen molar-refractivity contribution in [3.8, 4) is 5.75 Å². The van der Waals surface area contributed by atoms with Crippen molar-refractivity contribution in [3.05, 3.63) is 70.5 Å². The second-order valence-corrected chi connectivity index (χ2v) is 6.67. The number of aromatic amines is 1. The van der Waals surface area contributed by atoms with E-state index in [0.717, 1.165) is 0 Å². The monoisotopic (exact) mass is 445 g/mol. The lowest BCUT2D eigenvalue weighted by atomic mass is 10.0. The van der Waals surface area contributed by atoms with E-state index in [9.17, 15) is 26.3 Å². The zero-order chi connectivity index (χ0) is 22.6. The molecule has 0 amide bonds. The molecule has 1 aromatic heterocycles. The average Bonchev–Trinajstić information content (AvgIpc) is 3.23. The molecule has 0 saturated heterocycles. The standard InChI is InChI=1S/C19H17F6N5O/c1-11(26-9-17-27-29-30-28-17)15-4-2-3-5-16(15)31-10-12-6-13(18(20,21)22)8-14(7-12)19(23,24)25/h2-8,11,26H,9-10H2,1H3,(H,27,28,29,30)/t11-/m0/s1. The highest BCUT2D eigenvalue weighted by atomic mass is 19.4. The Kier molecular flexibility index (Phi) is 6.48. The summed E-state index contributed by atoms with van der Waals surface area (Å²) in [5.74, 6) is 0.746. The number of para-hydroxylation sites is 1. The third-order valence-electron chi connectivity index (χ3n) is 4.38. The van der Waals surface area contributed by atoms with Crippen LogP contribution in [0, 0.1) is 0 Å². The number of tetrazole rings is 1. The Balaban J connectivity index is 1.78. The minimum Gasteiger partial charge on any atom is -0.489 e. The number of halogens is 6. The number of benzene rings is 2. The lowest BCUT2D eigenvalue weighted by Crippen LogP contribution is -2.19. The van der Waals surface area contributed by atoms with Crippen molar-refractivity contribution in [1.82, 2.24) is 25.9 Å². The van der Waals surface area contributed by atoms with E-state index < -0.39 is 30.1 Å². The zero-order valence-electron chi connectivity index (χ0n) is 16.1. The summed E-state index contributed by atoms with van der Waals surface area (Å²) in [7, 11) is 0. The van der Waals surface area contributed by atoms with Crippen molar-refractivity contribution in [1.29, 1.82) is 0 Å². The van der Waals surface area contributed by atoms with E-state index >= 15 is 0 Å². The molecule has 0 fully saturated rings. The second kappa shape index (κ2) is 8.92. The molecule has 31 heavy (non-hydrogen) atoms. The Morgan fingerprint density at radius 3 is 2.23 bits per heavy atom. The molecule has 3 aromatic rings.